The molecule has 1 saturated heterocycles. The van der Waals surface area contributed by atoms with Gasteiger partial charge in [0.05, 0.1) is 22.3 Å². The highest BCUT2D eigenvalue weighted by Crippen LogP contribution is 2.41. The van der Waals surface area contributed by atoms with Crippen LogP contribution in [0.15, 0.2) is 83.4 Å². The van der Waals surface area contributed by atoms with Crippen LogP contribution in [-0.4, -0.2) is 38.5 Å². The Balaban J connectivity index is 1.42. The van der Waals surface area contributed by atoms with Crippen LogP contribution < -0.4 is 10.6 Å². The van der Waals surface area contributed by atoms with Crippen molar-refractivity contribution in [2.45, 2.75) is 25.4 Å². The predicted octanol–water partition coefficient (Wildman–Crippen LogP) is 6.00. The molecule has 2 atom stereocenters. The van der Waals surface area contributed by atoms with Crippen molar-refractivity contribution in [3.63, 3.8) is 0 Å². The zero-order valence-electron chi connectivity index (χ0n) is 20.9. The Kier molecular flexibility index (Phi) is 7.63. The van der Waals surface area contributed by atoms with Crippen molar-refractivity contribution in [2.24, 2.45) is 0 Å². The maximum absolute atomic E-state index is 12.8. The van der Waals surface area contributed by atoms with Gasteiger partial charge in [-0.3, -0.25) is 9.78 Å². The Bertz CT molecular complexity index is 1520. The zero-order valence-corrected chi connectivity index (χ0v) is 22.5. The van der Waals surface area contributed by atoms with E-state index in [0.29, 0.717) is 33.8 Å². The van der Waals surface area contributed by atoms with Crippen LogP contribution in [0.4, 0.5) is 5.69 Å². The third-order valence-corrected chi connectivity index (χ3v) is 7.19. The fraction of sp³-hybridized carbons (Fsp3) is 0.172. The number of carboxylic acid groups (broad SMARTS) is 1. The Morgan fingerprint density at radius 3 is 2.64 bits per heavy atom. The molecule has 0 bridgehead atoms. The number of benzene rings is 2. The summed E-state index contributed by atoms with van der Waals surface area (Å²) in [5.41, 5.74) is 3.17. The fourth-order valence-corrected chi connectivity index (χ4v) is 5.08. The number of nitrogens with one attached hydrogen (secondary N) is 2. The number of hydrogen-bond donors (Lipinski definition) is 3. The standard InChI is InChI=1S/C29H25ClN4O4S/c1-17-5-8-19(9-6-17)32-25(35)13-15-34-27(26(33-29(34)39)22-4-2-3-14-31-22)24-12-11-23(38-24)20-16-18(28(36)37)7-10-21(20)30/h2-12,14,16,26-27H,13,15H2,1H3,(H,32,35)(H,33,39)(H,36,37)/t26-,27-/m1/s1. The number of carbonyl (C=O) groups is 2. The van der Waals surface area contributed by atoms with Crippen molar-refractivity contribution in [3.05, 3.63) is 107 Å². The predicted molar refractivity (Wildman–Crippen MR) is 153 cm³/mol. The second-order valence-electron chi connectivity index (χ2n) is 9.19. The van der Waals surface area contributed by atoms with Gasteiger partial charge in [0, 0.05) is 30.4 Å². The molecule has 39 heavy (non-hydrogen) atoms. The van der Waals surface area contributed by atoms with Gasteiger partial charge in [-0.2, -0.15) is 0 Å². The van der Waals surface area contributed by atoms with Crippen LogP contribution in [0.5, 0.6) is 0 Å². The first-order valence-corrected chi connectivity index (χ1v) is 13.1. The molecule has 0 aliphatic carbocycles. The number of aromatic carboxylic acids is 1. The summed E-state index contributed by atoms with van der Waals surface area (Å²) in [6.07, 6.45) is 1.90. The third kappa shape index (κ3) is 5.79. The van der Waals surface area contributed by atoms with Crippen LogP contribution >= 0.6 is 23.8 Å². The minimum absolute atomic E-state index is 0.101. The second kappa shape index (κ2) is 11.3. The van der Waals surface area contributed by atoms with Crippen LogP contribution in [0.3, 0.4) is 0 Å². The van der Waals surface area contributed by atoms with Crippen molar-refractivity contribution in [3.8, 4) is 11.3 Å². The van der Waals surface area contributed by atoms with Gasteiger partial charge in [0.25, 0.3) is 0 Å². The van der Waals surface area contributed by atoms with Gasteiger partial charge in [-0.1, -0.05) is 35.4 Å². The van der Waals surface area contributed by atoms with Crippen LogP contribution in [0.25, 0.3) is 11.3 Å². The number of nitrogens with zero attached hydrogens (tertiary/aromatic N) is 2. The molecule has 3 N–H and O–H groups in total. The van der Waals surface area contributed by atoms with E-state index in [2.05, 4.69) is 15.6 Å². The number of carbonyl (C=O) groups excluding carboxylic acids is 1. The van der Waals surface area contributed by atoms with Gasteiger partial charge >= 0.3 is 5.97 Å². The van der Waals surface area contributed by atoms with Gasteiger partial charge in [0.1, 0.15) is 17.6 Å². The lowest BCUT2D eigenvalue weighted by Gasteiger charge is -2.25. The van der Waals surface area contributed by atoms with Crippen molar-refractivity contribution >= 4 is 46.5 Å². The number of amides is 1. The first-order chi connectivity index (χ1) is 18.8. The molecular formula is C29H25ClN4O4S. The number of thiocarbonyl (C=S) groups is 1. The van der Waals surface area contributed by atoms with Crippen LogP contribution in [-0.2, 0) is 4.79 Å². The Hall–Kier alpha value is -4.21. The molecule has 3 heterocycles. The van der Waals surface area contributed by atoms with E-state index in [4.69, 9.17) is 28.2 Å². The molecule has 5 rings (SSSR count). The number of pyridine rings is 1. The first kappa shape index (κ1) is 26.4. The molecule has 0 saturated carbocycles. The summed E-state index contributed by atoms with van der Waals surface area (Å²) < 4.78 is 6.27. The number of hydrogen-bond acceptors (Lipinski definition) is 5. The third-order valence-electron chi connectivity index (χ3n) is 6.51. The average molecular weight is 561 g/mol. The smallest absolute Gasteiger partial charge is 0.335 e. The van der Waals surface area contributed by atoms with E-state index in [-0.39, 0.29) is 23.9 Å². The van der Waals surface area contributed by atoms with Gasteiger partial charge < -0.3 is 25.1 Å². The zero-order chi connectivity index (χ0) is 27.5. The molecule has 0 unspecified atom stereocenters. The molecule has 0 radical (unpaired) electrons. The van der Waals surface area contributed by atoms with Gasteiger partial charge in [-0.05, 0) is 73.7 Å². The maximum atomic E-state index is 12.8. The quantitative estimate of drug-likeness (QED) is 0.225. The lowest BCUT2D eigenvalue weighted by atomic mass is 10.0. The summed E-state index contributed by atoms with van der Waals surface area (Å²) in [7, 11) is 0. The molecule has 1 fully saturated rings. The van der Waals surface area contributed by atoms with E-state index in [1.54, 1.807) is 12.3 Å². The first-order valence-electron chi connectivity index (χ1n) is 12.3. The largest absolute Gasteiger partial charge is 0.478 e. The number of halogens is 1. The summed E-state index contributed by atoms with van der Waals surface area (Å²) in [5.74, 6) is -0.203. The normalized spacial score (nSPS) is 16.7. The van der Waals surface area contributed by atoms with E-state index < -0.39 is 12.0 Å². The molecule has 1 aliphatic rings. The average Bonchev–Trinajstić information content (AvgIpc) is 3.54. The highest BCUT2D eigenvalue weighted by molar-refractivity contribution is 7.80. The lowest BCUT2D eigenvalue weighted by molar-refractivity contribution is -0.116. The number of carboxylic acids is 1. The summed E-state index contributed by atoms with van der Waals surface area (Å²) in [5, 5.41) is 16.5. The molecule has 10 heteroatoms. The minimum atomic E-state index is -1.06. The lowest BCUT2D eigenvalue weighted by Crippen LogP contribution is -2.32. The van der Waals surface area contributed by atoms with Crippen molar-refractivity contribution < 1.29 is 19.1 Å². The minimum Gasteiger partial charge on any atom is -0.478 e. The molecule has 2 aromatic carbocycles. The summed E-state index contributed by atoms with van der Waals surface area (Å²) in [6, 6.07) is 20.5. The molecule has 1 aliphatic heterocycles. The molecule has 1 amide bonds. The molecule has 2 aromatic heterocycles. The summed E-state index contributed by atoms with van der Waals surface area (Å²) in [6.45, 7) is 2.32. The van der Waals surface area contributed by atoms with Gasteiger partial charge in [-0.15, -0.1) is 0 Å². The SMILES string of the molecule is Cc1ccc(NC(=O)CCN2C(=S)N[C@H](c3ccccn3)[C@H]2c2ccc(-c3cc(C(=O)O)ccc3Cl)o2)cc1. The van der Waals surface area contributed by atoms with Crippen molar-refractivity contribution in [1.82, 2.24) is 15.2 Å². The Morgan fingerprint density at radius 1 is 1.13 bits per heavy atom. The van der Waals surface area contributed by atoms with Gasteiger partial charge in [-0.25, -0.2) is 4.79 Å². The fourth-order valence-electron chi connectivity index (χ4n) is 4.54. The van der Waals surface area contributed by atoms with Crippen LogP contribution in [0, 0.1) is 6.92 Å². The van der Waals surface area contributed by atoms with E-state index >= 15 is 0 Å². The number of rotatable bonds is 8. The molecule has 198 valence electrons. The van der Waals surface area contributed by atoms with E-state index in [9.17, 15) is 14.7 Å². The maximum Gasteiger partial charge on any atom is 0.335 e. The summed E-state index contributed by atoms with van der Waals surface area (Å²) >= 11 is 12.1. The van der Waals surface area contributed by atoms with Crippen LogP contribution in [0.2, 0.25) is 5.02 Å². The molecule has 8 nitrogen and oxygen atoms in total. The van der Waals surface area contributed by atoms with Crippen LogP contribution in [0.1, 0.15) is 45.9 Å². The van der Waals surface area contributed by atoms with Crippen molar-refractivity contribution in [2.75, 3.05) is 11.9 Å². The highest BCUT2D eigenvalue weighted by atomic mass is 35.5. The monoisotopic (exact) mass is 560 g/mol. The van der Waals surface area contributed by atoms with E-state index in [1.807, 2.05) is 60.4 Å². The molecular weight excluding hydrogens is 536 g/mol. The summed E-state index contributed by atoms with van der Waals surface area (Å²) in [4.78, 5) is 30.7. The topological polar surface area (TPSA) is 108 Å². The van der Waals surface area contributed by atoms with Gasteiger partial charge in [0.15, 0.2) is 5.11 Å². The number of anilines is 1. The van der Waals surface area contributed by atoms with Crippen molar-refractivity contribution in [1.29, 1.82) is 0 Å². The number of aryl methyl sites for hydroxylation is 1. The Labute approximate surface area is 235 Å². The molecule has 0 spiro atoms. The molecule has 4 aromatic rings. The second-order valence-corrected chi connectivity index (χ2v) is 9.98. The Morgan fingerprint density at radius 2 is 1.92 bits per heavy atom. The van der Waals surface area contributed by atoms with Gasteiger partial charge in [0.2, 0.25) is 5.91 Å². The van der Waals surface area contributed by atoms with E-state index in [1.165, 1.54) is 18.2 Å². The number of furan rings is 1. The highest BCUT2D eigenvalue weighted by Gasteiger charge is 2.41. The van der Waals surface area contributed by atoms with E-state index in [0.717, 1.165) is 16.9 Å². The number of aromatic nitrogens is 1.